The molecule has 4 rings (SSSR count). The standard InChI is InChI=1S/C19H27N/c1-18-9-3-4-16(18)15-6-5-13-12-14(20)7-11-19(13,2)17(15)8-10-18/h5,7,11-12,15-17H,3-4,6,8-10,20H2,1-2H3/t15-,16-,17-,18-,19-/m0/s1. The van der Waals surface area contributed by atoms with Crippen LogP contribution in [0.25, 0.3) is 0 Å². The van der Waals surface area contributed by atoms with Gasteiger partial charge >= 0.3 is 0 Å². The second-order valence-corrected chi connectivity index (χ2v) is 8.12. The molecule has 5 atom stereocenters. The third kappa shape index (κ3) is 1.55. The zero-order chi connectivity index (χ0) is 14.0. The molecule has 4 aliphatic rings. The first-order valence-electron chi connectivity index (χ1n) is 8.40. The Hall–Kier alpha value is -0.980. The number of fused-ring (bicyclic) bond motifs is 5. The molecule has 108 valence electrons. The van der Waals surface area contributed by atoms with Crippen LogP contribution in [-0.4, -0.2) is 0 Å². The predicted molar refractivity (Wildman–Crippen MR) is 83.9 cm³/mol. The summed E-state index contributed by atoms with van der Waals surface area (Å²) in [4.78, 5) is 0. The lowest BCUT2D eigenvalue weighted by molar-refractivity contribution is 0.000364. The summed E-state index contributed by atoms with van der Waals surface area (Å²) >= 11 is 0. The van der Waals surface area contributed by atoms with Gasteiger partial charge in [-0.3, -0.25) is 0 Å². The van der Waals surface area contributed by atoms with E-state index in [0.29, 0.717) is 5.41 Å². The van der Waals surface area contributed by atoms with E-state index in [-0.39, 0.29) is 5.41 Å². The van der Waals surface area contributed by atoms with Crippen LogP contribution in [0, 0.1) is 28.6 Å². The molecular weight excluding hydrogens is 242 g/mol. The molecule has 2 fully saturated rings. The fraction of sp³-hybridized carbons (Fsp3) is 0.684. The summed E-state index contributed by atoms with van der Waals surface area (Å²) in [6.45, 7) is 5.02. The number of rotatable bonds is 0. The maximum Gasteiger partial charge on any atom is 0.0314 e. The van der Waals surface area contributed by atoms with Crippen molar-refractivity contribution in [3.05, 3.63) is 35.6 Å². The summed E-state index contributed by atoms with van der Waals surface area (Å²) in [6, 6.07) is 0. The summed E-state index contributed by atoms with van der Waals surface area (Å²) < 4.78 is 0. The Balaban J connectivity index is 1.74. The van der Waals surface area contributed by atoms with Gasteiger partial charge in [-0.15, -0.1) is 0 Å². The molecule has 0 bridgehead atoms. The van der Waals surface area contributed by atoms with Crippen molar-refractivity contribution in [1.82, 2.24) is 0 Å². The zero-order valence-electron chi connectivity index (χ0n) is 12.9. The fourth-order valence-electron chi connectivity index (χ4n) is 5.98. The number of hydrogen-bond donors (Lipinski definition) is 1. The summed E-state index contributed by atoms with van der Waals surface area (Å²) in [5, 5.41) is 0. The third-order valence-electron chi connectivity index (χ3n) is 7.16. The maximum atomic E-state index is 6.01. The lowest BCUT2D eigenvalue weighted by Crippen LogP contribution is -2.47. The molecule has 1 nitrogen and oxygen atoms in total. The Labute approximate surface area is 123 Å². The topological polar surface area (TPSA) is 26.0 Å². The summed E-state index contributed by atoms with van der Waals surface area (Å²) in [7, 11) is 0. The second kappa shape index (κ2) is 4.02. The highest BCUT2D eigenvalue weighted by Gasteiger charge is 2.54. The van der Waals surface area contributed by atoms with E-state index in [2.05, 4.69) is 38.2 Å². The Morgan fingerprint density at radius 3 is 2.85 bits per heavy atom. The number of allylic oxidation sites excluding steroid dienone is 5. The van der Waals surface area contributed by atoms with Crippen LogP contribution in [0.2, 0.25) is 0 Å². The SMILES string of the molecule is C[C@@]12CCC[C@H]1[C@@H]1CC=C3C=C(N)C=C[C@]3(C)[C@H]1CC2. The van der Waals surface area contributed by atoms with Gasteiger partial charge < -0.3 is 5.73 Å². The van der Waals surface area contributed by atoms with Gasteiger partial charge in [-0.1, -0.05) is 32.4 Å². The van der Waals surface area contributed by atoms with E-state index < -0.39 is 0 Å². The molecule has 0 heterocycles. The molecule has 0 aliphatic heterocycles. The van der Waals surface area contributed by atoms with Gasteiger partial charge in [0.15, 0.2) is 0 Å². The second-order valence-electron chi connectivity index (χ2n) is 8.12. The van der Waals surface area contributed by atoms with E-state index in [1.807, 2.05) is 0 Å². The van der Waals surface area contributed by atoms with Gasteiger partial charge in [-0.2, -0.15) is 0 Å². The van der Waals surface area contributed by atoms with Crippen LogP contribution in [0.4, 0.5) is 0 Å². The van der Waals surface area contributed by atoms with Gasteiger partial charge in [0.05, 0.1) is 0 Å². The normalized spacial score (nSPS) is 49.8. The van der Waals surface area contributed by atoms with Gasteiger partial charge in [-0.25, -0.2) is 0 Å². The maximum absolute atomic E-state index is 6.01. The summed E-state index contributed by atoms with van der Waals surface area (Å²) in [5.74, 6) is 2.70. The van der Waals surface area contributed by atoms with E-state index >= 15 is 0 Å². The molecule has 0 saturated heterocycles. The zero-order valence-corrected chi connectivity index (χ0v) is 12.9. The van der Waals surface area contributed by atoms with E-state index in [0.717, 1.165) is 23.5 Å². The fourth-order valence-corrected chi connectivity index (χ4v) is 5.98. The van der Waals surface area contributed by atoms with Crippen LogP contribution in [0.5, 0.6) is 0 Å². The number of hydrogen-bond acceptors (Lipinski definition) is 1. The summed E-state index contributed by atoms with van der Waals surface area (Å²) in [6.07, 6.45) is 17.8. The third-order valence-corrected chi connectivity index (χ3v) is 7.16. The first-order valence-corrected chi connectivity index (χ1v) is 8.40. The van der Waals surface area contributed by atoms with Crippen molar-refractivity contribution in [1.29, 1.82) is 0 Å². The highest BCUT2D eigenvalue weighted by atomic mass is 14.6. The molecule has 1 heteroatoms. The van der Waals surface area contributed by atoms with Crippen molar-refractivity contribution in [2.45, 2.75) is 52.4 Å². The van der Waals surface area contributed by atoms with Gasteiger partial charge in [0.25, 0.3) is 0 Å². The van der Waals surface area contributed by atoms with Crippen LogP contribution >= 0.6 is 0 Å². The van der Waals surface area contributed by atoms with Crippen LogP contribution in [0.1, 0.15) is 52.4 Å². The van der Waals surface area contributed by atoms with Crippen molar-refractivity contribution >= 4 is 0 Å². The average molecular weight is 269 g/mol. The molecule has 2 N–H and O–H groups in total. The lowest BCUT2D eigenvalue weighted by Gasteiger charge is -2.55. The van der Waals surface area contributed by atoms with Crippen LogP contribution in [0.15, 0.2) is 35.6 Å². The van der Waals surface area contributed by atoms with Crippen LogP contribution in [0.3, 0.4) is 0 Å². The Morgan fingerprint density at radius 2 is 2.00 bits per heavy atom. The lowest BCUT2D eigenvalue weighted by atomic mass is 9.50. The first-order chi connectivity index (χ1) is 9.53. The van der Waals surface area contributed by atoms with E-state index in [9.17, 15) is 0 Å². The van der Waals surface area contributed by atoms with Crippen molar-refractivity contribution in [3.63, 3.8) is 0 Å². The molecular formula is C19H27N. The highest BCUT2D eigenvalue weighted by Crippen LogP contribution is 2.63. The van der Waals surface area contributed by atoms with Crippen molar-refractivity contribution < 1.29 is 0 Å². The molecule has 0 aromatic rings. The Kier molecular flexibility index (Phi) is 2.56. The molecule has 0 amide bonds. The first kappa shape index (κ1) is 12.7. The van der Waals surface area contributed by atoms with Crippen LogP contribution in [-0.2, 0) is 0 Å². The smallest absolute Gasteiger partial charge is 0.0314 e. The number of nitrogens with two attached hydrogens (primary N) is 1. The van der Waals surface area contributed by atoms with Gasteiger partial charge in [0.1, 0.15) is 0 Å². The van der Waals surface area contributed by atoms with Crippen molar-refractivity contribution in [3.8, 4) is 0 Å². The molecule has 0 aromatic carbocycles. The van der Waals surface area contributed by atoms with Crippen molar-refractivity contribution in [2.24, 2.45) is 34.3 Å². The van der Waals surface area contributed by atoms with E-state index in [4.69, 9.17) is 5.73 Å². The van der Waals surface area contributed by atoms with Gasteiger partial charge in [0, 0.05) is 11.1 Å². The molecule has 20 heavy (non-hydrogen) atoms. The molecule has 0 radical (unpaired) electrons. The predicted octanol–water partition coefficient (Wildman–Crippen LogP) is 4.57. The average Bonchev–Trinajstić information content (AvgIpc) is 2.81. The van der Waals surface area contributed by atoms with Gasteiger partial charge in [0.2, 0.25) is 0 Å². The van der Waals surface area contributed by atoms with E-state index in [1.165, 1.54) is 44.1 Å². The molecule has 2 saturated carbocycles. The largest absolute Gasteiger partial charge is 0.399 e. The minimum atomic E-state index is 0.246. The molecule has 0 spiro atoms. The van der Waals surface area contributed by atoms with Crippen molar-refractivity contribution in [2.75, 3.05) is 0 Å². The Morgan fingerprint density at radius 1 is 1.15 bits per heavy atom. The van der Waals surface area contributed by atoms with E-state index in [1.54, 1.807) is 0 Å². The monoisotopic (exact) mass is 269 g/mol. The summed E-state index contributed by atoms with van der Waals surface area (Å²) in [5.41, 5.74) is 9.31. The Bertz CT molecular complexity index is 526. The molecule has 0 unspecified atom stereocenters. The molecule has 0 aromatic heterocycles. The highest BCUT2D eigenvalue weighted by molar-refractivity contribution is 5.44. The minimum Gasteiger partial charge on any atom is -0.399 e. The van der Waals surface area contributed by atoms with Gasteiger partial charge in [-0.05, 0) is 73.0 Å². The molecule has 4 aliphatic carbocycles. The minimum absolute atomic E-state index is 0.246. The van der Waals surface area contributed by atoms with Crippen LogP contribution < -0.4 is 5.73 Å². The quantitative estimate of drug-likeness (QED) is 0.685.